The lowest BCUT2D eigenvalue weighted by Gasteiger charge is -2.29. The van der Waals surface area contributed by atoms with Gasteiger partial charge in [-0.05, 0) is 64.9 Å². The Morgan fingerprint density at radius 1 is 1.30 bits per heavy atom. The molecule has 142 valence electrons. The van der Waals surface area contributed by atoms with Crippen molar-refractivity contribution in [2.75, 3.05) is 37.8 Å². The molecule has 2 aromatic carbocycles. The van der Waals surface area contributed by atoms with Crippen molar-refractivity contribution >= 4 is 40.4 Å². The van der Waals surface area contributed by atoms with E-state index in [1.165, 1.54) is 5.69 Å². The molecule has 1 N–H and O–H groups in total. The van der Waals surface area contributed by atoms with Gasteiger partial charge in [0, 0.05) is 18.8 Å². The van der Waals surface area contributed by atoms with Gasteiger partial charge in [-0.2, -0.15) is 5.10 Å². The molecule has 1 aliphatic rings. The van der Waals surface area contributed by atoms with E-state index in [2.05, 4.69) is 50.2 Å². The molecule has 1 amide bonds. The predicted molar refractivity (Wildman–Crippen MR) is 115 cm³/mol. The lowest BCUT2D eigenvalue weighted by Crippen LogP contribution is -2.36. The van der Waals surface area contributed by atoms with Gasteiger partial charge in [0.25, 0.3) is 5.91 Å². The number of morpholine rings is 1. The Balaban J connectivity index is 1.51. The van der Waals surface area contributed by atoms with Crippen LogP contribution in [0.25, 0.3) is 0 Å². The number of carbonyl (C=O) groups is 1. The van der Waals surface area contributed by atoms with E-state index in [1.54, 1.807) is 6.21 Å². The van der Waals surface area contributed by atoms with E-state index < -0.39 is 0 Å². The first-order chi connectivity index (χ1) is 13.1. The zero-order chi connectivity index (χ0) is 19.1. The number of para-hydroxylation sites is 1. The number of amides is 1. The summed E-state index contributed by atoms with van der Waals surface area (Å²) >= 11 is 2.17. The van der Waals surface area contributed by atoms with Gasteiger partial charge in [0.2, 0.25) is 0 Å². The molecule has 0 atom stereocenters. The number of halogens is 1. The third kappa shape index (κ3) is 5.67. The van der Waals surface area contributed by atoms with Crippen LogP contribution in [-0.2, 0) is 9.53 Å². The molecule has 0 aromatic heterocycles. The standard InChI is InChI=1S/C20H22IN3O3/c1-15-12-17(24-8-10-26-11-9-24)7-6-16(15)13-22-23-20(25)14-27-19-5-3-2-4-18(19)21/h2-7,12-13H,8-11,14H2,1H3,(H,23,25)/b22-13+. The molecule has 27 heavy (non-hydrogen) atoms. The summed E-state index contributed by atoms with van der Waals surface area (Å²) in [5.41, 5.74) is 5.75. The fraction of sp³-hybridized carbons (Fsp3) is 0.300. The number of anilines is 1. The maximum atomic E-state index is 11.9. The second kappa shape index (κ2) is 9.70. The Kier molecular flexibility index (Phi) is 7.05. The number of nitrogens with zero attached hydrogens (tertiary/aromatic N) is 2. The topological polar surface area (TPSA) is 63.2 Å². The zero-order valence-electron chi connectivity index (χ0n) is 15.2. The number of benzene rings is 2. The SMILES string of the molecule is Cc1cc(N2CCOCC2)ccc1/C=N/NC(=O)COc1ccccc1I. The van der Waals surface area contributed by atoms with Gasteiger partial charge < -0.3 is 14.4 Å². The summed E-state index contributed by atoms with van der Waals surface area (Å²) in [6.45, 7) is 5.29. The Morgan fingerprint density at radius 3 is 2.81 bits per heavy atom. The highest BCUT2D eigenvalue weighted by molar-refractivity contribution is 14.1. The normalized spacial score (nSPS) is 14.4. The number of hydrogen-bond acceptors (Lipinski definition) is 5. The third-order valence-electron chi connectivity index (χ3n) is 4.22. The van der Waals surface area contributed by atoms with Gasteiger partial charge in [-0.1, -0.05) is 18.2 Å². The van der Waals surface area contributed by atoms with E-state index in [0.717, 1.165) is 41.0 Å². The summed E-state index contributed by atoms with van der Waals surface area (Å²) in [4.78, 5) is 14.2. The second-order valence-corrected chi connectivity index (χ2v) is 7.31. The number of ether oxygens (including phenoxy) is 2. The van der Waals surface area contributed by atoms with E-state index in [1.807, 2.05) is 37.3 Å². The van der Waals surface area contributed by atoms with Crippen LogP contribution in [0.15, 0.2) is 47.6 Å². The smallest absolute Gasteiger partial charge is 0.277 e. The zero-order valence-corrected chi connectivity index (χ0v) is 17.3. The van der Waals surface area contributed by atoms with Crippen molar-refractivity contribution in [1.29, 1.82) is 0 Å². The largest absolute Gasteiger partial charge is 0.483 e. The van der Waals surface area contributed by atoms with Crippen molar-refractivity contribution < 1.29 is 14.3 Å². The van der Waals surface area contributed by atoms with Gasteiger partial charge in [0.05, 0.1) is 23.0 Å². The van der Waals surface area contributed by atoms with Crippen molar-refractivity contribution in [1.82, 2.24) is 5.43 Å². The summed E-state index contributed by atoms with van der Waals surface area (Å²) in [5, 5.41) is 4.04. The molecule has 7 heteroatoms. The monoisotopic (exact) mass is 479 g/mol. The van der Waals surface area contributed by atoms with E-state index in [-0.39, 0.29) is 12.5 Å². The van der Waals surface area contributed by atoms with Crippen LogP contribution < -0.4 is 15.1 Å². The lowest BCUT2D eigenvalue weighted by atomic mass is 10.1. The number of nitrogens with one attached hydrogen (secondary N) is 1. The average molecular weight is 479 g/mol. The maximum absolute atomic E-state index is 11.9. The van der Waals surface area contributed by atoms with E-state index >= 15 is 0 Å². The minimum atomic E-state index is -0.298. The summed E-state index contributed by atoms with van der Waals surface area (Å²) < 4.78 is 11.9. The molecule has 0 unspecified atom stereocenters. The molecule has 1 heterocycles. The predicted octanol–water partition coefficient (Wildman–Crippen LogP) is 2.97. The van der Waals surface area contributed by atoms with E-state index in [4.69, 9.17) is 9.47 Å². The molecule has 1 saturated heterocycles. The molecule has 2 aromatic rings. The first-order valence-electron chi connectivity index (χ1n) is 8.76. The number of rotatable bonds is 6. The molecule has 1 aliphatic heterocycles. The van der Waals surface area contributed by atoms with Gasteiger partial charge in [-0.3, -0.25) is 4.79 Å². The van der Waals surface area contributed by atoms with Gasteiger partial charge in [-0.25, -0.2) is 5.43 Å². The molecule has 6 nitrogen and oxygen atoms in total. The van der Waals surface area contributed by atoms with Crippen LogP contribution in [0.5, 0.6) is 5.75 Å². The van der Waals surface area contributed by atoms with Gasteiger partial charge in [0.15, 0.2) is 6.61 Å². The van der Waals surface area contributed by atoms with Crippen LogP contribution in [0.2, 0.25) is 0 Å². The fourth-order valence-corrected chi connectivity index (χ4v) is 3.28. The first kappa shape index (κ1) is 19.6. The van der Waals surface area contributed by atoms with Crippen LogP contribution in [0, 0.1) is 10.5 Å². The first-order valence-corrected chi connectivity index (χ1v) is 9.84. The van der Waals surface area contributed by atoms with Crippen LogP contribution in [0.4, 0.5) is 5.69 Å². The van der Waals surface area contributed by atoms with Gasteiger partial charge in [0.1, 0.15) is 5.75 Å². The van der Waals surface area contributed by atoms with Crippen molar-refractivity contribution in [3.8, 4) is 5.75 Å². The number of carbonyl (C=O) groups excluding carboxylic acids is 1. The lowest BCUT2D eigenvalue weighted by molar-refractivity contribution is -0.123. The van der Waals surface area contributed by atoms with Crippen molar-refractivity contribution in [2.45, 2.75) is 6.92 Å². The van der Waals surface area contributed by atoms with Crippen molar-refractivity contribution in [3.63, 3.8) is 0 Å². The number of hydrazone groups is 1. The average Bonchev–Trinajstić information content (AvgIpc) is 2.69. The Morgan fingerprint density at radius 2 is 2.07 bits per heavy atom. The quantitative estimate of drug-likeness (QED) is 0.393. The number of hydrogen-bond donors (Lipinski definition) is 1. The van der Waals surface area contributed by atoms with Crippen LogP contribution in [-0.4, -0.2) is 45.0 Å². The van der Waals surface area contributed by atoms with Crippen LogP contribution in [0.1, 0.15) is 11.1 Å². The minimum absolute atomic E-state index is 0.0771. The molecule has 0 aliphatic carbocycles. The maximum Gasteiger partial charge on any atom is 0.277 e. The van der Waals surface area contributed by atoms with Gasteiger partial charge >= 0.3 is 0 Å². The fourth-order valence-electron chi connectivity index (χ4n) is 2.73. The Labute approximate surface area is 172 Å². The van der Waals surface area contributed by atoms with Gasteiger partial charge in [-0.15, -0.1) is 0 Å². The summed E-state index contributed by atoms with van der Waals surface area (Å²) in [5.74, 6) is 0.389. The highest BCUT2D eigenvalue weighted by atomic mass is 127. The van der Waals surface area contributed by atoms with E-state index in [9.17, 15) is 4.79 Å². The Bertz CT molecular complexity index is 820. The molecule has 1 fully saturated rings. The van der Waals surface area contributed by atoms with Crippen molar-refractivity contribution in [2.24, 2.45) is 5.10 Å². The third-order valence-corrected chi connectivity index (χ3v) is 5.11. The highest BCUT2D eigenvalue weighted by Crippen LogP contribution is 2.20. The molecular formula is C20H22IN3O3. The van der Waals surface area contributed by atoms with Crippen LogP contribution in [0.3, 0.4) is 0 Å². The van der Waals surface area contributed by atoms with Crippen molar-refractivity contribution in [3.05, 3.63) is 57.2 Å². The summed E-state index contributed by atoms with van der Waals surface area (Å²) in [7, 11) is 0. The molecular weight excluding hydrogens is 457 g/mol. The highest BCUT2D eigenvalue weighted by Gasteiger charge is 2.11. The Hall–Kier alpha value is -2.13. The summed E-state index contributed by atoms with van der Waals surface area (Å²) in [6.07, 6.45) is 1.66. The minimum Gasteiger partial charge on any atom is -0.483 e. The second-order valence-electron chi connectivity index (χ2n) is 6.15. The van der Waals surface area contributed by atoms with Crippen LogP contribution >= 0.6 is 22.6 Å². The summed E-state index contributed by atoms with van der Waals surface area (Å²) in [6, 6.07) is 13.8. The van der Waals surface area contributed by atoms with E-state index in [0.29, 0.717) is 5.75 Å². The molecule has 0 bridgehead atoms. The molecule has 0 spiro atoms. The molecule has 0 radical (unpaired) electrons. The molecule has 3 rings (SSSR count). The molecule has 0 saturated carbocycles. The number of aryl methyl sites for hydroxylation is 1.